The van der Waals surface area contributed by atoms with Crippen molar-refractivity contribution in [3.63, 3.8) is 0 Å². The van der Waals surface area contributed by atoms with Crippen molar-refractivity contribution >= 4 is 9.84 Å². The molecule has 0 aliphatic carbocycles. The van der Waals surface area contributed by atoms with Crippen LogP contribution in [0.4, 0.5) is 0 Å². The summed E-state index contributed by atoms with van der Waals surface area (Å²) in [7, 11) is -1.50. The Morgan fingerprint density at radius 1 is 1.26 bits per heavy atom. The van der Waals surface area contributed by atoms with Crippen LogP contribution in [0.1, 0.15) is 17.4 Å². The van der Waals surface area contributed by atoms with Gasteiger partial charge in [-0.15, -0.1) is 0 Å². The molecule has 2 aromatic heterocycles. The monoisotopic (exact) mass is 388 g/mol. The Labute approximate surface area is 157 Å². The summed E-state index contributed by atoms with van der Waals surface area (Å²) < 4.78 is 36.1. The maximum absolute atomic E-state index is 12.7. The maximum Gasteiger partial charge on any atom is 0.293 e. The van der Waals surface area contributed by atoms with Crippen molar-refractivity contribution in [3.8, 4) is 11.7 Å². The summed E-state index contributed by atoms with van der Waals surface area (Å²) in [6.45, 7) is 2.52. The fraction of sp³-hybridized carbons (Fsp3) is 0.333. The molecule has 142 valence electrons. The van der Waals surface area contributed by atoms with Crippen LogP contribution in [-0.2, 0) is 15.6 Å². The fourth-order valence-corrected chi connectivity index (χ4v) is 4.48. The normalized spacial score (nSPS) is 18.6. The van der Waals surface area contributed by atoms with Gasteiger partial charge >= 0.3 is 0 Å². The molecule has 1 fully saturated rings. The van der Waals surface area contributed by atoms with Gasteiger partial charge in [-0.25, -0.2) is 8.42 Å². The molecule has 1 saturated heterocycles. The number of nitrogens with one attached hydrogen (secondary N) is 1. The predicted octanol–water partition coefficient (Wildman–Crippen LogP) is 1.88. The van der Waals surface area contributed by atoms with E-state index in [-0.39, 0.29) is 22.6 Å². The lowest BCUT2D eigenvalue weighted by molar-refractivity contribution is 0.190. The molecule has 1 aromatic carbocycles. The van der Waals surface area contributed by atoms with E-state index in [9.17, 15) is 8.42 Å². The molecule has 3 heterocycles. The van der Waals surface area contributed by atoms with Gasteiger partial charge < -0.3 is 14.3 Å². The highest BCUT2D eigenvalue weighted by Gasteiger charge is 2.28. The molecule has 3 aromatic rings. The summed E-state index contributed by atoms with van der Waals surface area (Å²) in [4.78, 5) is 6.85. The van der Waals surface area contributed by atoms with Gasteiger partial charge in [-0.2, -0.15) is 4.98 Å². The summed E-state index contributed by atoms with van der Waals surface area (Å²) in [6.07, 6.45) is 1.43. The lowest BCUT2D eigenvalue weighted by Crippen LogP contribution is -2.44. The van der Waals surface area contributed by atoms with Gasteiger partial charge in [0.25, 0.3) is 5.89 Å². The van der Waals surface area contributed by atoms with Crippen molar-refractivity contribution in [2.75, 3.05) is 26.7 Å². The molecule has 9 heteroatoms. The number of benzene rings is 1. The van der Waals surface area contributed by atoms with Gasteiger partial charge in [0.1, 0.15) is 0 Å². The van der Waals surface area contributed by atoms with Crippen LogP contribution in [0, 0.1) is 0 Å². The smallest absolute Gasteiger partial charge is 0.293 e. The van der Waals surface area contributed by atoms with Crippen LogP contribution in [0.5, 0.6) is 0 Å². The zero-order valence-corrected chi connectivity index (χ0v) is 15.6. The van der Waals surface area contributed by atoms with E-state index in [1.807, 2.05) is 7.05 Å². The predicted molar refractivity (Wildman–Crippen MR) is 97.6 cm³/mol. The number of nitrogens with zero attached hydrogens (tertiary/aromatic N) is 3. The third-order valence-corrected chi connectivity index (χ3v) is 6.32. The van der Waals surface area contributed by atoms with Gasteiger partial charge in [0.15, 0.2) is 21.4 Å². The second-order valence-electron chi connectivity index (χ2n) is 6.51. The van der Waals surface area contributed by atoms with Crippen LogP contribution in [-0.4, -0.2) is 50.1 Å². The Balaban J connectivity index is 1.59. The molecule has 1 aliphatic rings. The highest BCUT2D eigenvalue weighted by Crippen LogP contribution is 2.28. The molecule has 1 N–H and O–H groups in total. The third-order valence-electron chi connectivity index (χ3n) is 4.64. The van der Waals surface area contributed by atoms with E-state index < -0.39 is 9.84 Å². The second kappa shape index (κ2) is 7.26. The number of likely N-dealkylation sites (N-methyl/N-ethyl adjacent to an activating group) is 1. The van der Waals surface area contributed by atoms with Crippen molar-refractivity contribution in [1.29, 1.82) is 0 Å². The molecular weight excluding hydrogens is 368 g/mol. The second-order valence-corrected chi connectivity index (χ2v) is 8.49. The van der Waals surface area contributed by atoms with Crippen molar-refractivity contribution in [3.05, 3.63) is 54.0 Å². The Hall–Kier alpha value is -2.49. The lowest BCUT2D eigenvalue weighted by Gasteiger charge is -2.30. The number of aromatic nitrogens is 2. The van der Waals surface area contributed by atoms with Gasteiger partial charge in [-0.1, -0.05) is 23.4 Å². The summed E-state index contributed by atoms with van der Waals surface area (Å²) >= 11 is 0. The molecule has 0 spiro atoms. The standard InChI is InChI=1S/C18H20N4O4S/c1-22-9-8-19-11-15(22)17-20-18(26-21-17)16-13(7-10-25-16)12-27(23,24)14-5-3-2-4-6-14/h2-7,10,15,19H,8-9,11-12H2,1H3. The van der Waals surface area contributed by atoms with E-state index in [1.54, 1.807) is 36.4 Å². The molecule has 1 unspecified atom stereocenters. The minimum absolute atomic E-state index is 0.00251. The molecule has 0 amide bonds. The SMILES string of the molecule is CN1CCNCC1c1noc(-c2occc2CS(=O)(=O)c2ccccc2)n1. The highest BCUT2D eigenvalue weighted by atomic mass is 32.2. The van der Waals surface area contributed by atoms with Gasteiger partial charge in [-0.05, 0) is 25.2 Å². The number of piperazine rings is 1. The average Bonchev–Trinajstić information content (AvgIpc) is 3.32. The van der Waals surface area contributed by atoms with E-state index in [2.05, 4.69) is 20.4 Å². The quantitative estimate of drug-likeness (QED) is 0.707. The molecule has 27 heavy (non-hydrogen) atoms. The van der Waals surface area contributed by atoms with Crippen LogP contribution in [0.25, 0.3) is 11.7 Å². The van der Waals surface area contributed by atoms with Gasteiger partial charge in [-0.3, -0.25) is 4.90 Å². The molecule has 1 atom stereocenters. The minimum Gasteiger partial charge on any atom is -0.459 e. The highest BCUT2D eigenvalue weighted by molar-refractivity contribution is 7.90. The van der Waals surface area contributed by atoms with E-state index in [4.69, 9.17) is 8.94 Å². The van der Waals surface area contributed by atoms with Crippen LogP contribution in [0.15, 0.2) is 56.5 Å². The Morgan fingerprint density at radius 3 is 2.85 bits per heavy atom. The molecule has 1 aliphatic heterocycles. The topological polar surface area (TPSA) is 101 Å². The van der Waals surface area contributed by atoms with Gasteiger partial charge in [0.05, 0.1) is 23.0 Å². The number of hydrogen-bond acceptors (Lipinski definition) is 8. The zero-order valence-electron chi connectivity index (χ0n) is 14.8. The van der Waals surface area contributed by atoms with Crippen LogP contribution < -0.4 is 5.32 Å². The molecule has 0 saturated carbocycles. The molecular formula is C18H20N4O4S. The first kappa shape index (κ1) is 17.9. The average molecular weight is 388 g/mol. The summed E-state index contributed by atoms with van der Waals surface area (Å²) in [5.41, 5.74) is 0.490. The lowest BCUT2D eigenvalue weighted by atomic mass is 10.2. The molecule has 4 rings (SSSR count). The first-order valence-electron chi connectivity index (χ1n) is 8.64. The molecule has 0 bridgehead atoms. The van der Waals surface area contributed by atoms with E-state index in [1.165, 1.54) is 6.26 Å². The zero-order chi connectivity index (χ0) is 18.9. The first-order valence-corrected chi connectivity index (χ1v) is 10.3. The van der Waals surface area contributed by atoms with Gasteiger partial charge in [0.2, 0.25) is 0 Å². The van der Waals surface area contributed by atoms with E-state index >= 15 is 0 Å². The third kappa shape index (κ3) is 3.66. The summed E-state index contributed by atoms with van der Waals surface area (Å²) in [6, 6.07) is 9.94. The van der Waals surface area contributed by atoms with E-state index in [0.717, 1.165) is 19.6 Å². The Bertz CT molecular complexity index is 1010. The van der Waals surface area contributed by atoms with Crippen molar-refractivity contribution < 1.29 is 17.4 Å². The minimum atomic E-state index is -3.50. The van der Waals surface area contributed by atoms with Crippen LogP contribution >= 0.6 is 0 Å². The number of rotatable bonds is 5. The van der Waals surface area contributed by atoms with Crippen molar-refractivity contribution in [1.82, 2.24) is 20.4 Å². The largest absolute Gasteiger partial charge is 0.459 e. The number of hydrogen-bond donors (Lipinski definition) is 1. The maximum atomic E-state index is 12.7. The number of sulfone groups is 1. The van der Waals surface area contributed by atoms with Crippen molar-refractivity contribution in [2.45, 2.75) is 16.7 Å². The van der Waals surface area contributed by atoms with Crippen LogP contribution in [0.2, 0.25) is 0 Å². The summed E-state index contributed by atoms with van der Waals surface area (Å²) in [5, 5.41) is 7.37. The molecule has 0 radical (unpaired) electrons. The first-order chi connectivity index (χ1) is 13.0. The Morgan fingerprint density at radius 2 is 2.07 bits per heavy atom. The summed E-state index contributed by atoms with van der Waals surface area (Å²) in [5.74, 6) is 0.825. The van der Waals surface area contributed by atoms with Crippen molar-refractivity contribution in [2.24, 2.45) is 0 Å². The molecule has 8 nitrogen and oxygen atoms in total. The van der Waals surface area contributed by atoms with Crippen LogP contribution in [0.3, 0.4) is 0 Å². The van der Waals surface area contributed by atoms with Gasteiger partial charge in [0, 0.05) is 25.2 Å². The number of furan rings is 1. The fourth-order valence-electron chi connectivity index (χ4n) is 3.11. The Kier molecular flexibility index (Phi) is 4.81. The van der Waals surface area contributed by atoms with E-state index in [0.29, 0.717) is 17.1 Å².